The highest BCUT2D eigenvalue weighted by Gasteiger charge is 2.14. The van der Waals surface area contributed by atoms with Crippen molar-refractivity contribution >= 4 is 0 Å². The van der Waals surface area contributed by atoms with Gasteiger partial charge in [0.05, 0.1) is 0 Å². The lowest BCUT2D eigenvalue weighted by Crippen LogP contribution is -2.00. The number of aromatic nitrogens is 2. The Morgan fingerprint density at radius 1 is 1.27 bits per heavy atom. The van der Waals surface area contributed by atoms with Crippen LogP contribution in [0, 0.1) is 0 Å². The van der Waals surface area contributed by atoms with E-state index >= 15 is 0 Å². The van der Waals surface area contributed by atoms with Gasteiger partial charge in [0.15, 0.2) is 0 Å². The lowest BCUT2D eigenvalue weighted by molar-refractivity contribution is -0.154. The molecule has 0 aliphatic carbocycles. The molecule has 0 aromatic carbocycles. The van der Waals surface area contributed by atoms with Crippen LogP contribution in [0.2, 0.25) is 0 Å². The Balaban J connectivity index is 2.92. The van der Waals surface area contributed by atoms with Crippen LogP contribution >= 0.6 is 0 Å². The second-order valence-electron chi connectivity index (χ2n) is 1.42. The van der Waals surface area contributed by atoms with Crippen molar-refractivity contribution in [3.8, 4) is 11.6 Å². The quantitative estimate of drug-likeness (QED) is 0.670. The van der Waals surface area contributed by atoms with Crippen molar-refractivity contribution < 1.29 is 28.5 Å². The smallest absolute Gasteiger partial charge is 0.286 e. The van der Waals surface area contributed by atoms with E-state index in [9.17, 15) is 13.6 Å². The fourth-order valence-electron chi connectivity index (χ4n) is 0.465. The van der Waals surface area contributed by atoms with E-state index in [1.165, 1.54) is 0 Å². The lowest BCUT2D eigenvalue weighted by atomic mass is 10.6. The highest BCUT2D eigenvalue weighted by Crippen LogP contribution is 2.24. The first-order chi connectivity index (χ1) is 5.31. The number of hydrogen-bond acceptors (Lipinski definition) is 4. The summed E-state index contributed by atoms with van der Waals surface area (Å²) in [7, 11) is 0. The zero-order chi connectivity index (χ0) is 8.27. The van der Waals surface area contributed by atoms with Gasteiger partial charge in [-0.2, -0.15) is 5.04 Å². The number of hydrogen-bond donors (Lipinski definition) is 0. The van der Waals surface area contributed by atoms with Crippen LogP contribution in [-0.4, -0.2) is 9.94 Å². The zero-order valence-electron chi connectivity index (χ0n) is 4.83. The van der Waals surface area contributed by atoms with E-state index in [-0.39, 0.29) is 4.85 Å². The molecule has 1 heterocycles. The molecule has 0 saturated heterocycles. The molecule has 0 aliphatic rings. The molecule has 62 valence electrons. The second kappa shape index (κ2) is 2.99. The van der Waals surface area contributed by atoms with Gasteiger partial charge in [-0.1, -0.05) is 9.94 Å². The molecular weight excluding hydrogens is 169 g/mol. The molecule has 0 radical (unpaired) electrons. The summed E-state index contributed by atoms with van der Waals surface area (Å²) in [6, 6.07) is 0. The third-order valence-electron chi connectivity index (χ3n) is 0.855. The van der Waals surface area contributed by atoms with Gasteiger partial charge in [0.25, 0.3) is 5.75 Å². The minimum atomic E-state index is -0.870. The molecule has 0 fully saturated rings. The maximum atomic E-state index is 11.3. The molecule has 0 unspecified atom stereocenters. The van der Waals surface area contributed by atoms with Crippen LogP contribution in [-0.2, 0) is 0 Å². The van der Waals surface area contributed by atoms with E-state index < -0.39 is 11.6 Å². The van der Waals surface area contributed by atoms with E-state index in [0.29, 0.717) is 6.20 Å². The standard InChI is InChI=1S/C3HF3N2O3/c4-9-2-1-8(11-6)7-3(2)10-5/h1H. The molecule has 1 rings (SSSR count). The third kappa shape index (κ3) is 1.28. The Kier molecular flexibility index (Phi) is 2.04. The van der Waals surface area contributed by atoms with Gasteiger partial charge in [0.1, 0.15) is 6.20 Å². The van der Waals surface area contributed by atoms with Gasteiger partial charge in [0.2, 0.25) is 0 Å². The summed E-state index contributed by atoms with van der Waals surface area (Å²) in [6.07, 6.45) is 0.592. The Labute approximate surface area is 57.5 Å². The Bertz CT molecular complexity index is 218. The molecule has 0 saturated carbocycles. The maximum Gasteiger partial charge on any atom is 0.331 e. The van der Waals surface area contributed by atoms with Crippen LogP contribution < -0.4 is 14.9 Å². The fourth-order valence-corrected chi connectivity index (χ4v) is 0.465. The van der Waals surface area contributed by atoms with Gasteiger partial charge in [-0.25, -0.2) is 0 Å². The number of rotatable bonds is 3. The highest BCUT2D eigenvalue weighted by atomic mass is 19.3. The Morgan fingerprint density at radius 3 is 2.36 bits per heavy atom. The van der Waals surface area contributed by atoms with E-state index in [2.05, 4.69) is 20.0 Å². The summed E-state index contributed by atoms with van der Waals surface area (Å²) >= 11 is 0. The molecule has 0 N–H and O–H groups in total. The first kappa shape index (κ1) is 7.51. The van der Waals surface area contributed by atoms with Crippen LogP contribution in [0.3, 0.4) is 0 Å². The second-order valence-corrected chi connectivity index (χ2v) is 1.42. The molecule has 0 atom stereocenters. The first-order valence-corrected chi connectivity index (χ1v) is 2.27. The number of nitrogens with zero attached hydrogens (tertiary/aromatic N) is 2. The zero-order valence-corrected chi connectivity index (χ0v) is 4.83. The average Bonchev–Trinajstić information content (AvgIpc) is 2.46. The predicted octanol–water partition coefficient (Wildman–Crippen LogP) is 0.723. The van der Waals surface area contributed by atoms with Crippen molar-refractivity contribution in [3.05, 3.63) is 6.20 Å². The van der Waals surface area contributed by atoms with Crippen molar-refractivity contribution in [3.63, 3.8) is 0 Å². The average molecular weight is 170 g/mol. The molecule has 11 heavy (non-hydrogen) atoms. The Hall–Kier alpha value is -1.60. The van der Waals surface area contributed by atoms with Gasteiger partial charge >= 0.3 is 5.88 Å². The van der Waals surface area contributed by atoms with Crippen molar-refractivity contribution in [1.82, 2.24) is 9.94 Å². The fraction of sp³-hybridized carbons (Fsp3) is 0. The van der Waals surface area contributed by atoms with Crippen molar-refractivity contribution in [2.75, 3.05) is 0 Å². The van der Waals surface area contributed by atoms with Gasteiger partial charge in [-0.05, 0) is 0 Å². The third-order valence-corrected chi connectivity index (χ3v) is 0.855. The van der Waals surface area contributed by atoms with Gasteiger partial charge in [0, 0.05) is 13.6 Å². The van der Waals surface area contributed by atoms with Crippen molar-refractivity contribution in [1.29, 1.82) is 0 Å². The summed E-state index contributed by atoms with van der Waals surface area (Å²) in [6.45, 7) is 0. The van der Waals surface area contributed by atoms with E-state index in [0.717, 1.165) is 0 Å². The largest absolute Gasteiger partial charge is 0.331 e. The normalized spacial score (nSPS) is 9.36. The highest BCUT2D eigenvalue weighted by molar-refractivity contribution is 5.29. The van der Waals surface area contributed by atoms with Crippen LogP contribution in [0.4, 0.5) is 13.6 Å². The summed E-state index contributed by atoms with van der Waals surface area (Å²) in [5.41, 5.74) is 0. The molecular formula is C3HF3N2O3. The lowest BCUT2D eigenvalue weighted by Gasteiger charge is -1.85. The number of halogens is 3. The Morgan fingerprint density at radius 2 is 2.00 bits per heavy atom. The van der Waals surface area contributed by atoms with Gasteiger partial charge in [-0.3, -0.25) is 9.88 Å². The van der Waals surface area contributed by atoms with E-state index in [1.54, 1.807) is 0 Å². The predicted molar refractivity (Wildman–Crippen MR) is 23.4 cm³/mol. The van der Waals surface area contributed by atoms with Crippen LogP contribution in [0.15, 0.2) is 6.20 Å². The minimum Gasteiger partial charge on any atom is -0.286 e. The molecule has 1 aromatic rings. The van der Waals surface area contributed by atoms with Gasteiger partial charge < -0.3 is 0 Å². The van der Waals surface area contributed by atoms with Crippen LogP contribution in [0.5, 0.6) is 11.6 Å². The monoisotopic (exact) mass is 170 g/mol. The molecule has 1 aromatic heterocycles. The van der Waals surface area contributed by atoms with Crippen LogP contribution in [0.25, 0.3) is 0 Å². The summed E-state index contributed by atoms with van der Waals surface area (Å²) in [4.78, 5) is 6.11. The van der Waals surface area contributed by atoms with Crippen molar-refractivity contribution in [2.24, 2.45) is 0 Å². The van der Waals surface area contributed by atoms with Crippen molar-refractivity contribution in [2.45, 2.75) is 0 Å². The van der Waals surface area contributed by atoms with E-state index in [1.807, 2.05) is 0 Å². The van der Waals surface area contributed by atoms with E-state index in [4.69, 9.17) is 0 Å². The minimum absolute atomic E-state index is 0.115. The first-order valence-electron chi connectivity index (χ1n) is 2.27. The molecule has 8 heteroatoms. The summed E-state index contributed by atoms with van der Waals surface area (Å²) < 4.78 is 33.9. The van der Waals surface area contributed by atoms with Gasteiger partial charge in [-0.15, -0.1) is 0 Å². The molecule has 5 nitrogen and oxygen atoms in total. The molecule has 0 spiro atoms. The topological polar surface area (TPSA) is 45.5 Å². The SMILES string of the molecule is FOc1cn(OF)nc1OF. The molecule has 0 aliphatic heterocycles. The molecule has 0 bridgehead atoms. The molecule has 0 amide bonds. The maximum absolute atomic E-state index is 11.3. The summed E-state index contributed by atoms with van der Waals surface area (Å²) in [5.74, 6) is -1.60. The van der Waals surface area contributed by atoms with Crippen LogP contribution in [0.1, 0.15) is 0 Å². The summed E-state index contributed by atoms with van der Waals surface area (Å²) in [5, 5.41) is 5.83.